The van der Waals surface area contributed by atoms with Crippen LogP contribution in [-0.2, 0) is 10.0 Å². The Morgan fingerprint density at radius 1 is 1.07 bits per heavy atom. The molecule has 0 bridgehead atoms. The van der Waals surface area contributed by atoms with Gasteiger partial charge in [0.1, 0.15) is 0 Å². The van der Waals surface area contributed by atoms with E-state index in [9.17, 15) is 18.0 Å². The summed E-state index contributed by atoms with van der Waals surface area (Å²) in [6, 6.07) is 13.0. The van der Waals surface area contributed by atoms with Crippen molar-refractivity contribution in [3.63, 3.8) is 0 Å². The molecule has 0 radical (unpaired) electrons. The van der Waals surface area contributed by atoms with Crippen LogP contribution in [0, 0.1) is 6.92 Å². The van der Waals surface area contributed by atoms with Gasteiger partial charge in [0.25, 0.3) is 5.91 Å². The predicted molar refractivity (Wildman–Crippen MR) is 114 cm³/mol. The minimum atomic E-state index is -3.67. The number of para-hydroxylation sites is 1. The average Bonchev–Trinajstić information content (AvgIpc) is 2.69. The van der Waals surface area contributed by atoms with Crippen LogP contribution in [0.5, 0.6) is 0 Å². The molecule has 7 nitrogen and oxygen atoms in total. The third-order valence-electron chi connectivity index (χ3n) is 4.76. The summed E-state index contributed by atoms with van der Waals surface area (Å²) in [5, 5.41) is 3.32. The Hall–Kier alpha value is -2.97. The lowest BCUT2D eigenvalue weighted by atomic mass is 10.1. The zero-order valence-electron chi connectivity index (χ0n) is 16.5. The normalized spacial score (nSPS) is 11.7. The van der Waals surface area contributed by atoms with Crippen LogP contribution in [0.2, 0.25) is 0 Å². The maximum atomic E-state index is 12.9. The molecule has 0 spiro atoms. The minimum Gasteiger partial charge on any atom is -0.322 e. The van der Waals surface area contributed by atoms with Gasteiger partial charge in [0, 0.05) is 35.7 Å². The Kier molecular flexibility index (Phi) is 5.86. The smallest absolute Gasteiger partial charge is 0.256 e. The largest absolute Gasteiger partial charge is 0.322 e. The number of aryl methyl sites for hydroxylation is 1. The number of carbonyl (C=O) groups is 1. The molecular formula is C21H23N3O4S. The number of fused-ring (bicyclic) bond motifs is 1. The fraction of sp³-hybridized carbons (Fsp3) is 0.238. The van der Waals surface area contributed by atoms with Gasteiger partial charge in [0.2, 0.25) is 15.6 Å². The maximum Gasteiger partial charge on any atom is 0.256 e. The van der Waals surface area contributed by atoms with E-state index < -0.39 is 15.9 Å². The van der Waals surface area contributed by atoms with E-state index in [4.69, 9.17) is 0 Å². The molecule has 2 N–H and O–H groups in total. The van der Waals surface area contributed by atoms with E-state index in [0.29, 0.717) is 35.2 Å². The van der Waals surface area contributed by atoms with Gasteiger partial charge in [0.05, 0.1) is 10.5 Å². The molecule has 1 aromatic heterocycles. The van der Waals surface area contributed by atoms with Crippen LogP contribution in [0.1, 0.15) is 29.8 Å². The highest BCUT2D eigenvalue weighted by atomic mass is 32.2. The number of sulfonamides is 1. The van der Waals surface area contributed by atoms with Crippen molar-refractivity contribution < 1.29 is 13.2 Å². The summed E-state index contributed by atoms with van der Waals surface area (Å²) < 4.78 is 27.2. The Balaban J connectivity index is 2.00. The molecule has 3 rings (SSSR count). The van der Waals surface area contributed by atoms with Crippen LogP contribution >= 0.6 is 0 Å². The zero-order chi connectivity index (χ0) is 21.2. The number of nitrogens with one attached hydrogen (secondary N) is 2. The van der Waals surface area contributed by atoms with Crippen LogP contribution in [0.4, 0.5) is 5.69 Å². The molecule has 0 aliphatic carbocycles. The van der Waals surface area contributed by atoms with Crippen LogP contribution in [0.25, 0.3) is 10.9 Å². The molecule has 1 heterocycles. The van der Waals surface area contributed by atoms with Crippen LogP contribution in [0.15, 0.2) is 58.2 Å². The first-order valence-corrected chi connectivity index (χ1v) is 10.8. The highest BCUT2D eigenvalue weighted by Gasteiger charge is 2.24. The molecular weight excluding hydrogens is 390 g/mol. The van der Waals surface area contributed by atoms with Crippen molar-refractivity contribution in [2.24, 2.45) is 0 Å². The van der Waals surface area contributed by atoms with E-state index in [1.165, 1.54) is 16.4 Å². The van der Waals surface area contributed by atoms with Crippen molar-refractivity contribution in [2.45, 2.75) is 25.7 Å². The highest BCUT2D eigenvalue weighted by Crippen LogP contribution is 2.24. The Morgan fingerprint density at radius 2 is 1.76 bits per heavy atom. The Morgan fingerprint density at radius 3 is 2.45 bits per heavy atom. The lowest BCUT2D eigenvalue weighted by Crippen LogP contribution is -2.31. The summed E-state index contributed by atoms with van der Waals surface area (Å²) in [7, 11) is -3.67. The van der Waals surface area contributed by atoms with Gasteiger partial charge in [-0.25, -0.2) is 8.42 Å². The number of rotatable bonds is 6. The Bertz CT molecular complexity index is 1230. The number of benzene rings is 2. The van der Waals surface area contributed by atoms with Crippen molar-refractivity contribution in [1.82, 2.24) is 9.29 Å². The van der Waals surface area contributed by atoms with Crippen molar-refractivity contribution in [2.75, 3.05) is 18.4 Å². The molecule has 0 unspecified atom stereocenters. The quantitative estimate of drug-likeness (QED) is 0.648. The fourth-order valence-corrected chi connectivity index (χ4v) is 4.96. The summed E-state index contributed by atoms with van der Waals surface area (Å²) >= 11 is 0. The predicted octanol–water partition coefficient (Wildman–Crippen LogP) is 3.12. The van der Waals surface area contributed by atoms with Crippen molar-refractivity contribution in [3.05, 3.63) is 70.0 Å². The second kappa shape index (κ2) is 8.18. The van der Waals surface area contributed by atoms with Crippen molar-refractivity contribution in [3.8, 4) is 0 Å². The first-order chi connectivity index (χ1) is 13.8. The van der Waals surface area contributed by atoms with Gasteiger partial charge >= 0.3 is 0 Å². The zero-order valence-corrected chi connectivity index (χ0v) is 17.3. The standard InChI is InChI=1S/C21H23N3O4S/c1-4-24(5-2)29(27,28)19-12-15(11-10-14(19)3)22-21(26)17-13-20(25)23-18-9-7-6-8-16(17)18/h6-13H,4-5H2,1-3H3,(H,22,26)(H,23,25). The summed E-state index contributed by atoms with van der Waals surface area (Å²) in [5.74, 6) is -0.484. The molecule has 0 saturated carbocycles. The molecule has 2 aromatic carbocycles. The molecule has 152 valence electrons. The van der Waals surface area contributed by atoms with E-state index in [2.05, 4.69) is 10.3 Å². The SMILES string of the molecule is CCN(CC)S(=O)(=O)c1cc(NC(=O)c2cc(=O)[nH]c3ccccc23)ccc1C. The second-order valence-corrected chi connectivity index (χ2v) is 8.52. The van der Waals surface area contributed by atoms with Gasteiger partial charge in [-0.05, 0) is 30.7 Å². The monoisotopic (exact) mass is 413 g/mol. The van der Waals surface area contributed by atoms with Gasteiger partial charge in [-0.15, -0.1) is 0 Å². The lowest BCUT2D eigenvalue weighted by molar-refractivity contribution is 0.102. The van der Waals surface area contributed by atoms with Gasteiger partial charge < -0.3 is 10.3 Å². The minimum absolute atomic E-state index is 0.148. The summed E-state index contributed by atoms with van der Waals surface area (Å²) in [5.41, 5.74) is 1.33. The topological polar surface area (TPSA) is 99.3 Å². The summed E-state index contributed by atoms with van der Waals surface area (Å²) in [4.78, 5) is 27.6. The molecule has 8 heteroatoms. The van der Waals surface area contributed by atoms with Gasteiger partial charge in [0.15, 0.2) is 0 Å². The number of aromatic nitrogens is 1. The number of H-pyrrole nitrogens is 1. The van der Waals surface area contributed by atoms with Crippen molar-refractivity contribution in [1.29, 1.82) is 0 Å². The number of amides is 1. The number of anilines is 1. The Labute approximate surface area is 169 Å². The van der Waals surface area contributed by atoms with Crippen molar-refractivity contribution >= 4 is 32.5 Å². The average molecular weight is 413 g/mol. The number of carbonyl (C=O) groups excluding carboxylic acids is 1. The number of aromatic amines is 1. The number of pyridine rings is 1. The second-order valence-electron chi connectivity index (χ2n) is 6.62. The summed E-state index contributed by atoms with van der Waals surface area (Å²) in [6.45, 7) is 5.98. The molecule has 3 aromatic rings. The van der Waals surface area contributed by atoms with E-state index in [1.807, 2.05) is 0 Å². The third-order valence-corrected chi connectivity index (χ3v) is 6.96. The van der Waals surface area contributed by atoms with E-state index >= 15 is 0 Å². The van der Waals surface area contributed by atoms with E-state index in [0.717, 1.165) is 0 Å². The first kappa shape index (κ1) is 20.8. The van der Waals surface area contributed by atoms with Crippen LogP contribution in [-0.4, -0.2) is 36.7 Å². The highest BCUT2D eigenvalue weighted by molar-refractivity contribution is 7.89. The molecule has 0 fully saturated rings. The number of hydrogen-bond acceptors (Lipinski definition) is 4. The van der Waals surface area contributed by atoms with Gasteiger partial charge in [-0.3, -0.25) is 9.59 Å². The number of hydrogen-bond donors (Lipinski definition) is 2. The van der Waals surface area contributed by atoms with Gasteiger partial charge in [-0.1, -0.05) is 38.1 Å². The molecule has 0 aliphatic heterocycles. The fourth-order valence-electron chi connectivity index (χ4n) is 3.25. The van der Waals surface area contributed by atoms with Gasteiger partial charge in [-0.2, -0.15) is 4.31 Å². The maximum absolute atomic E-state index is 12.9. The molecule has 1 amide bonds. The molecule has 0 saturated heterocycles. The molecule has 29 heavy (non-hydrogen) atoms. The molecule has 0 atom stereocenters. The van der Waals surface area contributed by atoms with E-state index in [-0.39, 0.29) is 16.0 Å². The van der Waals surface area contributed by atoms with Crippen LogP contribution in [0.3, 0.4) is 0 Å². The van der Waals surface area contributed by atoms with E-state index in [1.54, 1.807) is 57.2 Å². The summed E-state index contributed by atoms with van der Waals surface area (Å²) in [6.07, 6.45) is 0. The molecule has 0 aliphatic rings. The third kappa shape index (κ3) is 4.08. The number of nitrogens with zero attached hydrogens (tertiary/aromatic N) is 1. The first-order valence-electron chi connectivity index (χ1n) is 9.32. The lowest BCUT2D eigenvalue weighted by Gasteiger charge is -2.20. The van der Waals surface area contributed by atoms with Crippen LogP contribution < -0.4 is 10.9 Å².